The minimum Gasteiger partial charge on any atom is -0.355 e. The molecule has 16 heavy (non-hydrogen) atoms. The highest BCUT2D eigenvalue weighted by atomic mass is 16.1. The van der Waals surface area contributed by atoms with Crippen molar-refractivity contribution in [2.45, 2.75) is 26.3 Å². The number of carbonyl (C=O) groups is 1. The topological polar surface area (TPSA) is 59.0 Å². The zero-order valence-electron chi connectivity index (χ0n) is 9.78. The second-order valence-electron chi connectivity index (χ2n) is 3.64. The first-order valence-corrected chi connectivity index (χ1v) is 5.76. The maximum atomic E-state index is 11.1. The van der Waals surface area contributed by atoms with E-state index in [4.69, 9.17) is 0 Å². The normalized spacial score (nSPS) is 10.3. The smallest absolute Gasteiger partial charge is 0.233 e. The van der Waals surface area contributed by atoms with Gasteiger partial charge in [0, 0.05) is 25.5 Å². The van der Waals surface area contributed by atoms with Crippen LogP contribution in [0, 0.1) is 0 Å². The molecular formula is C11H20N4O. The summed E-state index contributed by atoms with van der Waals surface area (Å²) >= 11 is 0. The molecule has 5 nitrogen and oxygen atoms in total. The van der Waals surface area contributed by atoms with Crippen LogP contribution in [0.2, 0.25) is 0 Å². The molecule has 1 aromatic rings. The van der Waals surface area contributed by atoms with Crippen LogP contribution < -0.4 is 10.6 Å². The minimum absolute atomic E-state index is 0.0668. The standard InChI is InChI=1S/C11H20N4O/c1-2-14-11(16)9-12-5-3-4-7-15-8-6-13-10-15/h6,8,10,12H,2-5,7,9H2,1H3,(H,14,16). The number of unbranched alkanes of at least 4 members (excludes halogenated alkanes) is 1. The fourth-order valence-corrected chi connectivity index (χ4v) is 1.42. The van der Waals surface area contributed by atoms with Crippen LogP contribution in [0.25, 0.3) is 0 Å². The average Bonchev–Trinajstić information content (AvgIpc) is 2.76. The van der Waals surface area contributed by atoms with Gasteiger partial charge in [0.1, 0.15) is 0 Å². The summed E-state index contributed by atoms with van der Waals surface area (Å²) in [7, 11) is 0. The van der Waals surface area contributed by atoms with Gasteiger partial charge in [0.25, 0.3) is 0 Å². The summed E-state index contributed by atoms with van der Waals surface area (Å²) in [6, 6.07) is 0. The highest BCUT2D eigenvalue weighted by Crippen LogP contribution is 1.93. The van der Waals surface area contributed by atoms with Gasteiger partial charge in [-0.25, -0.2) is 4.98 Å². The third-order valence-electron chi connectivity index (χ3n) is 2.24. The van der Waals surface area contributed by atoms with Crippen molar-refractivity contribution in [2.24, 2.45) is 0 Å². The number of aryl methyl sites for hydroxylation is 1. The largest absolute Gasteiger partial charge is 0.355 e. The van der Waals surface area contributed by atoms with Crippen molar-refractivity contribution < 1.29 is 4.79 Å². The molecule has 0 aliphatic heterocycles. The van der Waals surface area contributed by atoms with Crippen molar-refractivity contribution in [3.8, 4) is 0 Å². The number of nitrogens with zero attached hydrogens (tertiary/aromatic N) is 2. The molecule has 0 fully saturated rings. The Morgan fingerprint density at radius 2 is 2.31 bits per heavy atom. The molecule has 0 radical (unpaired) electrons. The summed E-state index contributed by atoms with van der Waals surface area (Å²) in [6.07, 6.45) is 7.73. The molecule has 0 aliphatic rings. The molecule has 0 atom stereocenters. The number of imidazole rings is 1. The zero-order chi connectivity index (χ0) is 11.6. The van der Waals surface area contributed by atoms with E-state index < -0.39 is 0 Å². The van der Waals surface area contributed by atoms with Crippen LogP contribution in [0.5, 0.6) is 0 Å². The van der Waals surface area contributed by atoms with Crippen LogP contribution in [-0.2, 0) is 11.3 Å². The number of rotatable bonds is 8. The maximum absolute atomic E-state index is 11.1. The molecule has 90 valence electrons. The SMILES string of the molecule is CCNC(=O)CNCCCCn1ccnc1. The van der Waals surface area contributed by atoms with Gasteiger partial charge < -0.3 is 15.2 Å². The lowest BCUT2D eigenvalue weighted by Crippen LogP contribution is -2.34. The molecule has 5 heteroatoms. The Balaban J connectivity index is 1.90. The summed E-state index contributed by atoms with van der Waals surface area (Å²) < 4.78 is 2.06. The van der Waals surface area contributed by atoms with E-state index in [1.165, 1.54) is 0 Å². The van der Waals surface area contributed by atoms with Gasteiger partial charge >= 0.3 is 0 Å². The third kappa shape index (κ3) is 5.50. The quantitative estimate of drug-likeness (QED) is 0.628. The second kappa shape index (κ2) is 7.87. The number of hydrogen-bond donors (Lipinski definition) is 2. The molecule has 2 N–H and O–H groups in total. The van der Waals surface area contributed by atoms with Gasteiger partial charge in [-0.2, -0.15) is 0 Å². The molecule has 0 spiro atoms. The molecule has 1 rings (SSSR count). The first-order chi connectivity index (χ1) is 7.83. The van der Waals surface area contributed by atoms with E-state index in [2.05, 4.69) is 20.2 Å². The Kier molecular flexibility index (Phi) is 6.25. The molecule has 0 saturated carbocycles. The van der Waals surface area contributed by atoms with Crippen molar-refractivity contribution in [1.82, 2.24) is 20.2 Å². The Bertz CT molecular complexity index is 284. The number of amides is 1. The highest BCUT2D eigenvalue weighted by molar-refractivity contribution is 5.77. The molecule has 1 aromatic heterocycles. The van der Waals surface area contributed by atoms with Crippen LogP contribution in [0.3, 0.4) is 0 Å². The van der Waals surface area contributed by atoms with Crippen molar-refractivity contribution in [3.05, 3.63) is 18.7 Å². The Morgan fingerprint density at radius 3 is 3.00 bits per heavy atom. The number of aromatic nitrogens is 2. The lowest BCUT2D eigenvalue weighted by Gasteiger charge is -2.05. The number of hydrogen-bond acceptors (Lipinski definition) is 3. The lowest BCUT2D eigenvalue weighted by atomic mass is 10.3. The number of likely N-dealkylation sites (N-methyl/N-ethyl adjacent to an activating group) is 1. The van der Waals surface area contributed by atoms with Gasteiger partial charge in [-0.1, -0.05) is 0 Å². The van der Waals surface area contributed by atoms with Gasteiger partial charge in [-0.3, -0.25) is 4.79 Å². The van der Waals surface area contributed by atoms with Crippen LogP contribution in [0.15, 0.2) is 18.7 Å². The van der Waals surface area contributed by atoms with Crippen LogP contribution >= 0.6 is 0 Å². The highest BCUT2D eigenvalue weighted by Gasteiger charge is 1.97. The summed E-state index contributed by atoms with van der Waals surface area (Å²) in [4.78, 5) is 15.1. The molecule has 0 aromatic carbocycles. The zero-order valence-corrected chi connectivity index (χ0v) is 9.78. The fourth-order valence-electron chi connectivity index (χ4n) is 1.42. The monoisotopic (exact) mass is 224 g/mol. The first kappa shape index (κ1) is 12.7. The van der Waals surface area contributed by atoms with Crippen LogP contribution in [-0.4, -0.2) is 35.1 Å². The summed E-state index contributed by atoms with van der Waals surface area (Å²) in [5.41, 5.74) is 0. The Morgan fingerprint density at radius 1 is 1.44 bits per heavy atom. The van der Waals surface area contributed by atoms with Gasteiger partial charge in [-0.15, -0.1) is 0 Å². The van der Waals surface area contributed by atoms with E-state index in [0.717, 1.165) is 25.9 Å². The van der Waals surface area contributed by atoms with Crippen molar-refractivity contribution in [3.63, 3.8) is 0 Å². The van der Waals surface area contributed by atoms with E-state index in [-0.39, 0.29) is 5.91 Å². The Labute approximate surface area is 96.3 Å². The molecule has 0 saturated heterocycles. The van der Waals surface area contributed by atoms with Gasteiger partial charge in [0.15, 0.2) is 0 Å². The van der Waals surface area contributed by atoms with Crippen molar-refractivity contribution >= 4 is 5.91 Å². The van der Waals surface area contributed by atoms with Gasteiger partial charge in [0.2, 0.25) is 5.91 Å². The Hall–Kier alpha value is -1.36. The van der Waals surface area contributed by atoms with Crippen LogP contribution in [0.4, 0.5) is 0 Å². The predicted molar refractivity (Wildman–Crippen MR) is 63.0 cm³/mol. The van der Waals surface area contributed by atoms with Crippen molar-refractivity contribution in [2.75, 3.05) is 19.6 Å². The molecule has 0 bridgehead atoms. The fraction of sp³-hybridized carbons (Fsp3) is 0.636. The lowest BCUT2D eigenvalue weighted by molar-refractivity contribution is -0.120. The maximum Gasteiger partial charge on any atom is 0.233 e. The molecule has 0 aliphatic carbocycles. The third-order valence-corrected chi connectivity index (χ3v) is 2.24. The number of nitrogens with one attached hydrogen (secondary N) is 2. The van der Waals surface area contributed by atoms with Crippen molar-refractivity contribution in [1.29, 1.82) is 0 Å². The summed E-state index contributed by atoms with van der Waals surface area (Å²) in [5.74, 6) is 0.0668. The van der Waals surface area contributed by atoms with Crippen LogP contribution in [0.1, 0.15) is 19.8 Å². The summed E-state index contributed by atoms with van der Waals surface area (Å²) in [6.45, 7) is 4.90. The molecule has 1 heterocycles. The van der Waals surface area contributed by atoms with E-state index in [9.17, 15) is 4.79 Å². The van der Waals surface area contributed by atoms with E-state index >= 15 is 0 Å². The van der Waals surface area contributed by atoms with E-state index in [0.29, 0.717) is 13.1 Å². The first-order valence-electron chi connectivity index (χ1n) is 5.76. The second-order valence-corrected chi connectivity index (χ2v) is 3.64. The molecular weight excluding hydrogens is 204 g/mol. The predicted octanol–water partition coefficient (Wildman–Crippen LogP) is 0.389. The average molecular weight is 224 g/mol. The van der Waals surface area contributed by atoms with E-state index in [1.807, 2.05) is 19.4 Å². The molecule has 0 unspecified atom stereocenters. The van der Waals surface area contributed by atoms with Gasteiger partial charge in [0.05, 0.1) is 12.9 Å². The minimum atomic E-state index is 0.0668. The van der Waals surface area contributed by atoms with Gasteiger partial charge in [-0.05, 0) is 26.3 Å². The molecule has 1 amide bonds. The number of carbonyl (C=O) groups excluding carboxylic acids is 1. The van der Waals surface area contributed by atoms with E-state index in [1.54, 1.807) is 6.20 Å². The summed E-state index contributed by atoms with van der Waals surface area (Å²) in [5, 5.41) is 5.86.